The lowest BCUT2D eigenvalue weighted by Gasteiger charge is -2.15. The van der Waals surface area contributed by atoms with Gasteiger partial charge in [0.1, 0.15) is 5.75 Å². The van der Waals surface area contributed by atoms with Crippen molar-refractivity contribution in [2.24, 2.45) is 5.73 Å². The Balaban J connectivity index is 2.74. The molecule has 3 nitrogen and oxygen atoms in total. The second-order valence-electron chi connectivity index (χ2n) is 4.75. The minimum atomic E-state index is -0.402. The van der Waals surface area contributed by atoms with Crippen LogP contribution in [0.5, 0.6) is 5.75 Å². The van der Waals surface area contributed by atoms with Crippen LogP contribution in [0.3, 0.4) is 0 Å². The molecule has 0 fully saturated rings. The van der Waals surface area contributed by atoms with Crippen molar-refractivity contribution in [3.05, 3.63) is 28.8 Å². The van der Waals surface area contributed by atoms with Crippen molar-refractivity contribution in [3.63, 3.8) is 0 Å². The summed E-state index contributed by atoms with van der Waals surface area (Å²) >= 11 is 0. The molecule has 0 bridgehead atoms. The highest BCUT2D eigenvalue weighted by Gasteiger charge is 2.09. The SMILES string of the molecule is CCCOc1ccc(CCC(O)CN)c(C)c1C. The van der Waals surface area contributed by atoms with Gasteiger partial charge in [0.15, 0.2) is 0 Å². The van der Waals surface area contributed by atoms with Gasteiger partial charge < -0.3 is 15.6 Å². The molecule has 1 aromatic rings. The van der Waals surface area contributed by atoms with Crippen LogP contribution in [0.25, 0.3) is 0 Å². The van der Waals surface area contributed by atoms with Gasteiger partial charge in [-0.15, -0.1) is 0 Å². The van der Waals surface area contributed by atoms with Gasteiger partial charge in [-0.1, -0.05) is 13.0 Å². The van der Waals surface area contributed by atoms with Crippen LogP contribution in [0.15, 0.2) is 12.1 Å². The number of hydrogen-bond acceptors (Lipinski definition) is 3. The van der Waals surface area contributed by atoms with E-state index < -0.39 is 6.10 Å². The summed E-state index contributed by atoms with van der Waals surface area (Å²) in [5.74, 6) is 0.970. The first-order chi connectivity index (χ1) is 8.60. The third-order valence-electron chi connectivity index (χ3n) is 3.33. The largest absolute Gasteiger partial charge is 0.493 e. The van der Waals surface area contributed by atoms with E-state index in [1.165, 1.54) is 16.7 Å². The Hall–Kier alpha value is -1.06. The fraction of sp³-hybridized carbons (Fsp3) is 0.600. The maximum atomic E-state index is 9.50. The smallest absolute Gasteiger partial charge is 0.122 e. The lowest BCUT2D eigenvalue weighted by atomic mass is 9.97. The van der Waals surface area contributed by atoms with Crippen molar-refractivity contribution < 1.29 is 9.84 Å². The third kappa shape index (κ3) is 4.00. The number of nitrogens with two attached hydrogens (primary N) is 1. The fourth-order valence-electron chi connectivity index (χ4n) is 1.93. The van der Waals surface area contributed by atoms with E-state index in [0.29, 0.717) is 13.0 Å². The monoisotopic (exact) mass is 251 g/mol. The topological polar surface area (TPSA) is 55.5 Å². The van der Waals surface area contributed by atoms with Crippen LogP contribution in [0.1, 0.15) is 36.5 Å². The first-order valence-electron chi connectivity index (χ1n) is 6.70. The summed E-state index contributed by atoms with van der Waals surface area (Å²) in [5, 5.41) is 9.50. The quantitative estimate of drug-likeness (QED) is 0.782. The molecule has 3 heteroatoms. The molecule has 0 aliphatic heterocycles. The molecular weight excluding hydrogens is 226 g/mol. The van der Waals surface area contributed by atoms with Gasteiger partial charge in [-0.05, 0) is 55.9 Å². The summed E-state index contributed by atoms with van der Waals surface area (Å²) in [6, 6.07) is 4.12. The number of ether oxygens (including phenoxy) is 1. The number of benzene rings is 1. The Bertz CT molecular complexity index is 377. The van der Waals surface area contributed by atoms with Gasteiger partial charge in [0.25, 0.3) is 0 Å². The molecule has 18 heavy (non-hydrogen) atoms. The number of hydrogen-bond donors (Lipinski definition) is 2. The van der Waals surface area contributed by atoms with Crippen molar-refractivity contribution in [2.75, 3.05) is 13.2 Å². The van der Waals surface area contributed by atoms with Crippen LogP contribution in [0.2, 0.25) is 0 Å². The van der Waals surface area contributed by atoms with Crippen LogP contribution < -0.4 is 10.5 Å². The van der Waals surface area contributed by atoms with Crippen molar-refractivity contribution >= 4 is 0 Å². The van der Waals surface area contributed by atoms with Gasteiger partial charge in [-0.2, -0.15) is 0 Å². The molecule has 0 saturated heterocycles. The molecule has 1 rings (SSSR count). The van der Waals surface area contributed by atoms with Gasteiger partial charge in [-0.3, -0.25) is 0 Å². The Morgan fingerprint density at radius 1 is 1.28 bits per heavy atom. The Labute approximate surface area is 110 Å². The highest BCUT2D eigenvalue weighted by Crippen LogP contribution is 2.25. The van der Waals surface area contributed by atoms with Crippen LogP contribution in [-0.2, 0) is 6.42 Å². The molecular formula is C15H25NO2. The number of aryl methyl sites for hydroxylation is 1. The highest BCUT2D eigenvalue weighted by molar-refractivity contribution is 5.43. The summed E-state index contributed by atoms with van der Waals surface area (Å²) in [5.41, 5.74) is 9.14. The molecule has 1 unspecified atom stereocenters. The van der Waals surface area contributed by atoms with Gasteiger partial charge >= 0.3 is 0 Å². The van der Waals surface area contributed by atoms with Crippen LogP contribution >= 0.6 is 0 Å². The van der Waals surface area contributed by atoms with E-state index in [1.807, 2.05) is 6.07 Å². The van der Waals surface area contributed by atoms with E-state index in [9.17, 15) is 5.11 Å². The second-order valence-corrected chi connectivity index (χ2v) is 4.75. The molecule has 3 N–H and O–H groups in total. The first kappa shape index (κ1) is 15.0. The minimum absolute atomic E-state index is 0.329. The van der Waals surface area contributed by atoms with E-state index >= 15 is 0 Å². The Morgan fingerprint density at radius 3 is 2.61 bits per heavy atom. The van der Waals surface area contributed by atoms with E-state index in [1.54, 1.807) is 0 Å². The van der Waals surface area contributed by atoms with E-state index in [-0.39, 0.29) is 0 Å². The average Bonchev–Trinajstić information content (AvgIpc) is 2.39. The Kier molecular flexibility index (Phi) is 6.16. The van der Waals surface area contributed by atoms with Crippen LogP contribution in [-0.4, -0.2) is 24.4 Å². The molecule has 1 aromatic carbocycles. The molecule has 1 atom stereocenters. The number of aliphatic hydroxyl groups is 1. The van der Waals surface area contributed by atoms with E-state index in [4.69, 9.17) is 10.5 Å². The molecule has 0 saturated carbocycles. The van der Waals surface area contributed by atoms with Crippen LogP contribution in [0.4, 0.5) is 0 Å². The lowest BCUT2D eigenvalue weighted by molar-refractivity contribution is 0.173. The standard InChI is InChI=1S/C15H25NO2/c1-4-9-18-15-8-6-13(11(2)12(15)3)5-7-14(17)10-16/h6,8,14,17H,4-5,7,9-10,16H2,1-3H3. The van der Waals surface area contributed by atoms with Gasteiger partial charge in [-0.25, -0.2) is 0 Å². The fourth-order valence-corrected chi connectivity index (χ4v) is 1.93. The molecule has 0 aliphatic carbocycles. The minimum Gasteiger partial charge on any atom is -0.493 e. The predicted molar refractivity (Wildman–Crippen MR) is 75.1 cm³/mol. The molecule has 0 spiro atoms. The summed E-state index contributed by atoms with van der Waals surface area (Å²) in [7, 11) is 0. The molecule has 102 valence electrons. The molecule has 0 aromatic heterocycles. The third-order valence-corrected chi connectivity index (χ3v) is 3.33. The zero-order chi connectivity index (χ0) is 13.5. The zero-order valence-corrected chi connectivity index (χ0v) is 11.7. The first-order valence-corrected chi connectivity index (χ1v) is 6.70. The summed E-state index contributed by atoms with van der Waals surface area (Å²) in [6.45, 7) is 7.38. The van der Waals surface area contributed by atoms with Crippen molar-refractivity contribution in [1.82, 2.24) is 0 Å². The molecule has 0 amide bonds. The maximum absolute atomic E-state index is 9.50. The lowest BCUT2D eigenvalue weighted by Crippen LogP contribution is -2.20. The summed E-state index contributed by atoms with van der Waals surface area (Å²) < 4.78 is 5.70. The van der Waals surface area contributed by atoms with E-state index in [0.717, 1.165) is 25.2 Å². The molecule has 0 heterocycles. The Morgan fingerprint density at radius 2 is 2.00 bits per heavy atom. The summed E-state index contributed by atoms with van der Waals surface area (Å²) in [6.07, 6.45) is 2.19. The highest BCUT2D eigenvalue weighted by atomic mass is 16.5. The number of aliphatic hydroxyl groups excluding tert-OH is 1. The number of rotatable bonds is 7. The molecule has 0 aliphatic rings. The van der Waals surface area contributed by atoms with Gasteiger partial charge in [0.05, 0.1) is 12.7 Å². The zero-order valence-electron chi connectivity index (χ0n) is 11.7. The van der Waals surface area contributed by atoms with Crippen molar-refractivity contribution in [1.29, 1.82) is 0 Å². The maximum Gasteiger partial charge on any atom is 0.122 e. The van der Waals surface area contributed by atoms with Crippen molar-refractivity contribution in [3.8, 4) is 5.75 Å². The van der Waals surface area contributed by atoms with Crippen molar-refractivity contribution in [2.45, 2.75) is 46.1 Å². The predicted octanol–water partition coefficient (Wildman–Crippen LogP) is 2.34. The van der Waals surface area contributed by atoms with Gasteiger partial charge in [0, 0.05) is 6.54 Å². The second kappa shape index (κ2) is 7.39. The van der Waals surface area contributed by atoms with Crippen LogP contribution in [0, 0.1) is 13.8 Å². The summed E-state index contributed by atoms with van der Waals surface area (Å²) in [4.78, 5) is 0. The normalized spacial score (nSPS) is 12.5. The molecule has 0 radical (unpaired) electrons. The average molecular weight is 251 g/mol. The van der Waals surface area contributed by atoms with Gasteiger partial charge in [0.2, 0.25) is 0 Å². The van der Waals surface area contributed by atoms with E-state index in [2.05, 4.69) is 26.8 Å².